The van der Waals surface area contributed by atoms with Crippen LogP contribution in [0.2, 0.25) is 0 Å². The molecule has 0 unspecified atom stereocenters. The van der Waals surface area contributed by atoms with Crippen LogP contribution in [0.4, 0.5) is 4.39 Å². The SMILES string of the molecule is C=C(F)C(=O)N1CC(n2nc(C#CC3CC3)c3cccnc32)C1. The van der Waals surface area contributed by atoms with Crippen molar-refractivity contribution in [1.82, 2.24) is 19.7 Å². The number of aromatic nitrogens is 3. The first kappa shape index (κ1) is 13.9. The van der Waals surface area contributed by atoms with E-state index in [9.17, 15) is 9.18 Å². The van der Waals surface area contributed by atoms with Crippen LogP contribution in [0.5, 0.6) is 0 Å². The van der Waals surface area contributed by atoms with Gasteiger partial charge >= 0.3 is 0 Å². The Balaban J connectivity index is 1.62. The van der Waals surface area contributed by atoms with E-state index in [0.29, 0.717) is 19.0 Å². The molecule has 1 saturated heterocycles. The van der Waals surface area contributed by atoms with E-state index in [-0.39, 0.29) is 6.04 Å². The van der Waals surface area contributed by atoms with Crippen molar-refractivity contribution < 1.29 is 9.18 Å². The highest BCUT2D eigenvalue weighted by Gasteiger charge is 2.35. The number of fused-ring (bicyclic) bond motifs is 1. The smallest absolute Gasteiger partial charge is 0.282 e. The van der Waals surface area contributed by atoms with Gasteiger partial charge < -0.3 is 4.90 Å². The van der Waals surface area contributed by atoms with Gasteiger partial charge in [-0.15, -0.1) is 0 Å². The zero-order valence-electron chi connectivity index (χ0n) is 12.5. The van der Waals surface area contributed by atoms with E-state index >= 15 is 0 Å². The number of likely N-dealkylation sites (tertiary alicyclic amines) is 1. The quantitative estimate of drug-likeness (QED) is 0.630. The molecule has 6 heteroatoms. The van der Waals surface area contributed by atoms with E-state index < -0.39 is 11.7 Å². The third-order valence-electron chi connectivity index (χ3n) is 4.17. The number of pyridine rings is 1. The summed E-state index contributed by atoms with van der Waals surface area (Å²) in [7, 11) is 0. The summed E-state index contributed by atoms with van der Waals surface area (Å²) in [4.78, 5) is 17.3. The molecule has 2 aliphatic rings. The van der Waals surface area contributed by atoms with Crippen molar-refractivity contribution in [3.63, 3.8) is 0 Å². The largest absolute Gasteiger partial charge is 0.332 e. The molecule has 0 atom stereocenters. The highest BCUT2D eigenvalue weighted by Crippen LogP contribution is 2.29. The number of nitrogens with zero attached hydrogens (tertiary/aromatic N) is 4. The minimum absolute atomic E-state index is 0.00725. The first-order valence-electron chi connectivity index (χ1n) is 7.62. The van der Waals surface area contributed by atoms with Gasteiger partial charge in [0.1, 0.15) is 5.69 Å². The summed E-state index contributed by atoms with van der Waals surface area (Å²) < 4.78 is 14.7. The second-order valence-electron chi connectivity index (χ2n) is 5.98. The summed E-state index contributed by atoms with van der Waals surface area (Å²) in [5.41, 5.74) is 1.48. The molecular formula is C17H15FN4O. The Morgan fingerprint density at radius 1 is 1.39 bits per heavy atom. The fourth-order valence-corrected chi connectivity index (χ4v) is 2.67. The average Bonchev–Trinajstić information content (AvgIpc) is 3.26. The lowest BCUT2D eigenvalue weighted by Gasteiger charge is -2.38. The molecule has 0 radical (unpaired) electrons. The minimum Gasteiger partial charge on any atom is -0.332 e. The standard InChI is InChI=1S/C17H15FN4O/c1-11(18)17(23)21-9-13(10-21)22-16-14(3-2-8-19-16)15(20-22)7-6-12-4-5-12/h2-3,8,12-13H,1,4-5,9-10H2. The number of amides is 1. The van der Waals surface area contributed by atoms with Crippen LogP contribution in [0.1, 0.15) is 24.6 Å². The summed E-state index contributed by atoms with van der Waals surface area (Å²) in [6.45, 7) is 3.86. The van der Waals surface area contributed by atoms with Crippen LogP contribution in [0, 0.1) is 17.8 Å². The summed E-state index contributed by atoms with van der Waals surface area (Å²) >= 11 is 0. The normalized spacial score (nSPS) is 17.5. The summed E-state index contributed by atoms with van der Waals surface area (Å²) in [5, 5.41) is 5.49. The second-order valence-corrected chi connectivity index (χ2v) is 5.98. The van der Waals surface area contributed by atoms with Crippen LogP contribution in [0.15, 0.2) is 30.7 Å². The lowest BCUT2D eigenvalue weighted by molar-refractivity contribution is -0.134. The molecule has 23 heavy (non-hydrogen) atoms. The van der Waals surface area contributed by atoms with Crippen LogP contribution in [-0.4, -0.2) is 38.7 Å². The fraction of sp³-hybridized carbons (Fsp3) is 0.353. The number of rotatable bonds is 2. The Morgan fingerprint density at radius 3 is 2.87 bits per heavy atom. The number of carbonyl (C=O) groups is 1. The Kier molecular flexibility index (Phi) is 3.15. The van der Waals surface area contributed by atoms with Gasteiger partial charge in [-0.05, 0) is 30.9 Å². The summed E-state index contributed by atoms with van der Waals surface area (Å²) in [6, 6.07) is 3.81. The maximum atomic E-state index is 12.9. The van der Waals surface area contributed by atoms with Crippen molar-refractivity contribution >= 4 is 16.9 Å². The van der Waals surface area contributed by atoms with Crippen molar-refractivity contribution in [2.45, 2.75) is 18.9 Å². The first-order valence-corrected chi connectivity index (χ1v) is 7.62. The third kappa shape index (κ3) is 2.48. The number of hydrogen-bond acceptors (Lipinski definition) is 3. The van der Waals surface area contributed by atoms with E-state index in [4.69, 9.17) is 0 Å². The highest BCUT2D eigenvalue weighted by molar-refractivity contribution is 5.91. The lowest BCUT2D eigenvalue weighted by Crippen LogP contribution is -2.51. The number of carbonyl (C=O) groups excluding carboxylic acids is 1. The molecule has 116 valence electrons. The van der Waals surface area contributed by atoms with Crippen molar-refractivity contribution in [3.05, 3.63) is 36.4 Å². The van der Waals surface area contributed by atoms with Gasteiger partial charge in [-0.25, -0.2) is 14.1 Å². The summed E-state index contributed by atoms with van der Waals surface area (Å²) in [6.07, 6.45) is 4.04. The monoisotopic (exact) mass is 310 g/mol. The van der Waals surface area contributed by atoms with Crippen LogP contribution >= 0.6 is 0 Å². The van der Waals surface area contributed by atoms with E-state index in [0.717, 1.165) is 29.6 Å². The van der Waals surface area contributed by atoms with Crippen LogP contribution in [-0.2, 0) is 4.79 Å². The molecule has 0 aromatic carbocycles. The molecular weight excluding hydrogens is 295 g/mol. The first-order chi connectivity index (χ1) is 11.1. The number of hydrogen-bond donors (Lipinski definition) is 0. The molecule has 3 heterocycles. The van der Waals surface area contributed by atoms with Gasteiger partial charge in [0.2, 0.25) is 0 Å². The predicted octanol–water partition coefficient (Wildman–Crippen LogP) is 2.06. The van der Waals surface area contributed by atoms with E-state index in [1.807, 2.05) is 12.1 Å². The van der Waals surface area contributed by atoms with E-state index in [1.54, 1.807) is 10.9 Å². The molecule has 1 aliphatic heterocycles. The van der Waals surface area contributed by atoms with Crippen molar-refractivity contribution in [1.29, 1.82) is 0 Å². The van der Waals surface area contributed by atoms with Crippen LogP contribution in [0.3, 0.4) is 0 Å². The van der Waals surface area contributed by atoms with E-state index in [1.165, 1.54) is 4.90 Å². The molecule has 2 aromatic heterocycles. The van der Waals surface area contributed by atoms with Crippen molar-refractivity contribution in [2.75, 3.05) is 13.1 Å². The molecule has 1 saturated carbocycles. The molecule has 4 rings (SSSR count). The molecule has 5 nitrogen and oxygen atoms in total. The Labute approximate surface area is 132 Å². The summed E-state index contributed by atoms with van der Waals surface area (Å²) in [5.74, 6) is 5.28. The van der Waals surface area contributed by atoms with Gasteiger partial charge in [0.05, 0.1) is 11.4 Å². The molecule has 2 aromatic rings. The second kappa shape index (κ2) is 5.20. The van der Waals surface area contributed by atoms with Crippen molar-refractivity contribution in [2.24, 2.45) is 5.92 Å². The van der Waals surface area contributed by atoms with Crippen molar-refractivity contribution in [3.8, 4) is 11.8 Å². The Hall–Kier alpha value is -2.68. The topological polar surface area (TPSA) is 51.0 Å². The zero-order chi connectivity index (χ0) is 16.0. The predicted molar refractivity (Wildman–Crippen MR) is 83.0 cm³/mol. The van der Waals surface area contributed by atoms with Crippen LogP contribution < -0.4 is 0 Å². The maximum Gasteiger partial charge on any atom is 0.282 e. The molecule has 0 bridgehead atoms. The van der Waals surface area contributed by atoms with Gasteiger partial charge in [0, 0.05) is 25.2 Å². The Bertz CT molecular complexity index is 866. The zero-order valence-corrected chi connectivity index (χ0v) is 12.5. The average molecular weight is 310 g/mol. The Morgan fingerprint density at radius 2 is 2.17 bits per heavy atom. The fourth-order valence-electron chi connectivity index (χ4n) is 2.67. The third-order valence-corrected chi connectivity index (χ3v) is 4.17. The maximum absolute atomic E-state index is 12.9. The van der Waals surface area contributed by atoms with Gasteiger partial charge in [0.15, 0.2) is 11.5 Å². The van der Waals surface area contributed by atoms with Gasteiger partial charge in [-0.1, -0.05) is 12.5 Å². The van der Waals surface area contributed by atoms with Gasteiger partial charge in [-0.2, -0.15) is 5.10 Å². The molecule has 1 amide bonds. The number of halogens is 1. The lowest BCUT2D eigenvalue weighted by atomic mass is 10.1. The molecule has 0 N–H and O–H groups in total. The van der Waals surface area contributed by atoms with Gasteiger partial charge in [-0.3, -0.25) is 4.79 Å². The minimum atomic E-state index is -0.928. The molecule has 2 fully saturated rings. The van der Waals surface area contributed by atoms with Crippen LogP contribution in [0.25, 0.3) is 11.0 Å². The molecule has 0 spiro atoms. The highest BCUT2D eigenvalue weighted by atomic mass is 19.1. The molecule has 1 aliphatic carbocycles. The van der Waals surface area contributed by atoms with Gasteiger partial charge in [0.25, 0.3) is 5.91 Å². The van der Waals surface area contributed by atoms with E-state index in [2.05, 4.69) is 28.5 Å².